The van der Waals surface area contributed by atoms with Crippen LogP contribution < -0.4 is 0 Å². The molecule has 0 radical (unpaired) electrons. The Labute approximate surface area is 81.1 Å². The van der Waals surface area contributed by atoms with E-state index < -0.39 is 11.1 Å². The van der Waals surface area contributed by atoms with Crippen molar-refractivity contribution in [1.29, 1.82) is 0 Å². The topological polar surface area (TPSA) is 37.3 Å². The van der Waals surface area contributed by atoms with Gasteiger partial charge >= 0.3 is 0 Å². The summed E-state index contributed by atoms with van der Waals surface area (Å²) in [6, 6.07) is 1.83. The van der Waals surface area contributed by atoms with Crippen molar-refractivity contribution in [1.82, 2.24) is 0 Å². The second-order valence-corrected chi connectivity index (χ2v) is 3.20. The Balaban J connectivity index is 3.37. The molecule has 0 fully saturated rings. The van der Waals surface area contributed by atoms with Crippen LogP contribution in [-0.2, 0) is 0 Å². The number of hydrogen-bond acceptors (Lipinski definition) is 2. The molecule has 0 saturated carbocycles. The predicted molar refractivity (Wildman–Crippen MR) is 45.9 cm³/mol. The Hall–Kier alpha value is -0.610. The van der Waals surface area contributed by atoms with Crippen molar-refractivity contribution in [2.24, 2.45) is 0 Å². The van der Waals surface area contributed by atoms with Crippen molar-refractivity contribution >= 4 is 32.8 Å². The van der Waals surface area contributed by atoms with Crippen LogP contribution in [0.3, 0.4) is 0 Å². The molecular weight excluding hydrogens is 250 g/mol. The molecular formula is C7H3BrClFO2. The predicted octanol–water partition coefficient (Wildman–Crippen LogP) is 2.67. The molecule has 1 aromatic carbocycles. The molecule has 0 unspecified atom stereocenters. The van der Waals surface area contributed by atoms with Gasteiger partial charge in [0, 0.05) is 6.07 Å². The van der Waals surface area contributed by atoms with E-state index in [1.54, 1.807) is 0 Å². The molecule has 0 aliphatic rings. The lowest BCUT2D eigenvalue weighted by molar-refractivity contribution is 0.108. The van der Waals surface area contributed by atoms with E-state index in [1.165, 1.54) is 0 Å². The molecule has 0 aromatic heterocycles. The van der Waals surface area contributed by atoms with Crippen LogP contribution in [0, 0.1) is 5.82 Å². The number of benzene rings is 1. The van der Waals surface area contributed by atoms with Crippen molar-refractivity contribution in [2.75, 3.05) is 0 Å². The lowest BCUT2D eigenvalue weighted by Gasteiger charge is -2.01. The van der Waals surface area contributed by atoms with E-state index in [1.807, 2.05) is 0 Å². The molecule has 0 aliphatic heterocycles. The first-order valence-corrected chi connectivity index (χ1v) is 4.07. The molecule has 0 aliphatic carbocycles. The minimum absolute atomic E-state index is 0.0887. The second-order valence-electron chi connectivity index (χ2n) is 2.06. The van der Waals surface area contributed by atoms with Crippen LogP contribution >= 0.6 is 27.5 Å². The van der Waals surface area contributed by atoms with Gasteiger partial charge in [0.2, 0.25) is 0 Å². The van der Waals surface area contributed by atoms with Crippen LogP contribution in [0.25, 0.3) is 0 Å². The van der Waals surface area contributed by atoms with E-state index in [0.717, 1.165) is 12.1 Å². The maximum Gasteiger partial charge on any atom is 0.253 e. The second kappa shape index (κ2) is 3.41. The summed E-state index contributed by atoms with van der Waals surface area (Å²) in [5, 5.41) is 8.21. The van der Waals surface area contributed by atoms with Gasteiger partial charge in [-0.1, -0.05) is 0 Å². The number of halogens is 3. The largest absolute Gasteiger partial charge is 0.507 e. The molecule has 1 N–H and O–H groups in total. The summed E-state index contributed by atoms with van der Waals surface area (Å²) < 4.78 is 12.7. The average molecular weight is 253 g/mol. The van der Waals surface area contributed by atoms with Gasteiger partial charge in [0.05, 0.1) is 10.0 Å². The molecule has 1 rings (SSSR count). The zero-order valence-corrected chi connectivity index (χ0v) is 7.99. The highest BCUT2D eigenvalue weighted by molar-refractivity contribution is 9.10. The van der Waals surface area contributed by atoms with Crippen LogP contribution in [0.2, 0.25) is 0 Å². The lowest BCUT2D eigenvalue weighted by Crippen LogP contribution is -1.92. The highest BCUT2D eigenvalue weighted by Gasteiger charge is 2.12. The van der Waals surface area contributed by atoms with Gasteiger partial charge in [-0.25, -0.2) is 4.39 Å². The van der Waals surface area contributed by atoms with Gasteiger partial charge in [0.1, 0.15) is 11.6 Å². The van der Waals surface area contributed by atoms with Gasteiger partial charge < -0.3 is 5.11 Å². The number of carbonyl (C=O) groups excluding carboxylic acids is 1. The number of hydrogen-bond donors (Lipinski definition) is 1. The number of rotatable bonds is 1. The summed E-state index contributed by atoms with van der Waals surface area (Å²) in [4.78, 5) is 10.6. The van der Waals surface area contributed by atoms with Gasteiger partial charge in [-0.2, -0.15) is 0 Å². The monoisotopic (exact) mass is 252 g/mol. The minimum Gasteiger partial charge on any atom is -0.507 e. The number of phenols is 1. The van der Waals surface area contributed by atoms with Crippen molar-refractivity contribution in [3.63, 3.8) is 0 Å². The van der Waals surface area contributed by atoms with Crippen LogP contribution in [0.1, 0.15) is 10.4 Å². The Bertz CT molecular complexity index is 340. The fraction of sp³-hybridized carbons (Fsp3) is 0. The summed E-state index contributed by atoms with van der Waals surface area (Å²) in [5.74, 6) is -1.06. The SMILES string of the molecule is O=C(Cl)c1cc(F)cc(O)c1Br. The molecule has 1 aromatic rings. The number of phenolic OH excluding ortho intramolecular Hbond substituents is 1. The van der Waals surface area contributed by atoms with Crippen molar-refractivity contribution < 1.29 is 14.3 Å². The lowest BCUT2D eigenvalue weighted by atomic mass is 10.2. The highest BCUT2D eigenvalue weighted by Crippen LogP contribution is 2.29. The summed E-state index contributed by atoms with van der Waals surface area (Å²) in [6.45, 7) is 0. The van der Waals surface area contributed by atoms with Gasteiger partial charge in [0.25, 0.3) is 5.24 Å². The molecule has 0 spiro atoms. The Morgan fingerprint density at radius 2 is 2.17 bits per heavy atom. The quantitative estimate of drug-likeness (QED) is 0.781. The van der Waals surface area contributed by atoms with Crippen molar-refractivity contribution in [3.05, 3.63) is 28.0 Å². The van der Waals surface area contributed by atoms with E-state index >= 15 is 0 Å². The Morgan fingerprint density at radius 3 is 2.67 bits per heavy atom. The van der Waals surface area contributed by atoms with Gasteiger partial charge in [0.15, 0.2) is 0 Å². The molecule has 0 saturated heterocycles. The zero-order valence-electron chi connectivity index (χ0n) is 5.64. The molecule has 0 bridgehead atoms. The number of carbonyl (C=O) groups is 1. The minimum atomic E-state index is -0.823. The van der Waals surface area contributed by atoms with Crippen LogP contribution in [0.4, 0.5) is 4.39 Å². The molecule has 5 heteroatoms. The maximum atomic E-state index is 12.6. The molecule has 0 atom stereocenters. The first kappa shape index (κ1) is 9.48. The first-order chi connectivity index (χ1) is 5.52. The van der Waals surface area contributed by atoms with E-state index in [-0.39, 0.29) is 15.8 Å². The van der Waals surface area contributed by atoms with Crippen molar-refractivity contribution in [3.8, 4) is 5.75 Å². The van der Waals surface area contributed by atoms with Crippen LogP contribution in [0.5, 0.6) is 5.75 Å². The fourth-order valence-corrected chi connectivity index (χ4v) is 1.39. The van der Waals surface area contributed by atoms with E-state index in [4.69, 9.17) is 16.7 Å². The highest BCUT2D eigenvalue weighted by atomic mass is 79.9. The summed E-state index contributed by atoms with van der Waals surface area (Å²) in [7, 11) is 0. The third-order valence-electron chi connectivity index (χ3n) is 1.23. The van der Waals surface area contributed by atoms with Crippen LogP contribution in [0.15, 0.2) is 16.6 Å². The maximum absolute atomic E-state index is 12.6. The molecule has 64 valence electrons. The van der Waals surface area contributed by atoms with E-state index in [0.29, 0.717) is 0 Å². The normalized spacial score (nSPS) is 9.92. The standard InChI is InChI=1S/C7H3BrClFO2/c8-6-4(7(9)12)1-3(10)2-5(6)11/h1-2,11H. The number of aromatic hydroxyl groups is 1. The summed E-state index contributed by atoms with van der Waals surface area (Å²) >= 11 is 8.00. The summed E-state index contributed by atoms with van der Waals surface area (Å²) in [6.07, 6.45) is 0. The van der Waals surface area contributed by atoms with Crippen LogP contribution in [-0.4, -0.2) is 10.3 Å². The van der Waals surface area contributed by atoms with Gasteiger partial charge in [-0.05, 0) is 33.6 Å². The van der Waals surface area contributed by atoms with Crippen molar-refractivity contribution in [2.45, 2.75) is 0 Å². The van der Waals surface area contributed by atoms with E-state index in [9.17, 15) is 9.18 Å². The smallest absolute Gasteiger partial charge is 0.253 e. The summed E-state index contributed by atoms with van der Waals surface area (Å²) in [5.41, 5.74) is -0.0887. The fourth-order valence-electron chi connectivity index (χ4n) is 0.718. The van der Waals surface area contributed by atoms with E-state index in [2.05, 4.69) is 15.9 Å². The van der Waals surface area contributed by atoms with Gasteiger partial charge in [-0.15, -0.1) is 0 Å². The zero-order chi connectivity index (χ0) is 9.30. The third kappa shape index (κ3) is 1.76. The molecule has 0 heterocycles. The first-order valence-electron chi connectivity index (χ1n) is 2.90. The molecule has 12 heavy (non-hydrogen) atoms. The Kier molecular flexibility index (Phi) is 2.69. The Morgan fingerprint density at radius 1 is 1.58 bits per heavy atom. The third-order valence-corrected chi connectivity index (χ3v) is 2.27. The molecule has 2 nitrogen and oxygen atoms in total. The van der Waals surface area contributed by atoms with Gasteiger partial charge in [-0.3, -0.25) is 4.79 Å². The average Bonchev–Trinajstić information content (AvgIpc) is 1.96. The molecule has 0 amide bonds.